The molecule has 2 rings (SSSR count). The van der Waals surface area contributed by atoms with Crippen molar-refractivity contribution in [3.8, 4) is 0 Å². The van der Waals surface area contributed by atoms with E-state index >= 15 is 0 Å². The lowest BCUT2D eigenvalue weighted by atomic mass is 10.1. The van der Waals surface area contributed by atoms with Gasteiger partial charge < -0.3 is 15.0 Å². The van der Waals surface area contributed by atoms with E-state index < -0.39 is 0 Å². The van der Waals surface area contributed by atoms with Crippen molar-refractivity contribution in [1.29, 1.82) is 0 Å². The summed E-state index contributed by atoms with van der Waals surface area (Å²) in [4.78, 5) is 4.10. The average molecular weight is 225 g/mol. The van der Waals surface area contributed by atoms with E-state index in [1.165, 1.54) is 19.3 Å². The predicted molar refractivity (Wildman–Crippen MR) is 58.7 cm³/mol. The molecule has 16 heavy (non-hydrogen) atoms. The van der Waals surface area contributed by atoms with Crippen LogP contribution < -0.4 is 5.73 Å². The van der Waals surface area contributed by atoms with Crippen molar-refractivity contribution in [2.24, 2.45) is 5.73 Å². The molecule has 0 aromatic carbocycles. The minimum Gasteiger partial charge on any atom is -0.368 e. The van der Waals surface area contributed by atoms with E-state index in [-0.39, 0.29) is 12.1 Å². The molecular formula is C11H19N3O2. The maximum absolute atomic E-state index is 6.06. The van der Waals surface area contributed by atoms with Crippen LogP contribution in [0.15, 0.2) is 4.52 Å². The Morgan fingerprint density at radius 1 is 1.38 bits per heavy atom. The van der Waals surface area contributed by atoms with Gasteiger partial charge in [0.1, 0.15) is 6.61 Å². The number of aryl methyl sites for hydroxylation is 1. The van der Waals surface area contributed by atoms with Crippen molar-refractivity contribution in [3.63, 3.8) is 0 Å². The standard InChI is InChI=1S/C11H19N3O2/c1-8-13-11(14-16-8)7-15-10-6-4-2-3-5-9(10)12/h9-10H,2-7,12H2,1H3. The quantitative estimate of drug-likeness (QED) is 0.790. The van der Waals surface area contributed by atoms with Gasteiger partial charge in [-0.2, -0.15) is 4.98 Å². The fourth-order valence-electron chi connectivity index (χ4n) is 2.09. The summed E-state index contributed by atoms with van der Waals surface area (Å²) in [6.45, 7) is 2.17. The Hall–Kier alpha value is -0.940. The summed E-state index contributed by atoms with van der Waals surface area (Å²) in [6.07, 6.45) is 5.90. The molecule has 2 unspecified atom stereocenters. The minimum absolute atomic E-state index is 0.140. The van der Waals surface area contributed by atoms with Gasteiger partial charge in [0, 0.05) is 13.0 Å². The van der Waals surface area contributed by atoms with E-state index in [0.717, 1.165) is 12.8 Å². The highest BCUT2D eigenvalue weighted by atomic mass is 16.5. The van der Waals surface area contributed by atoms with Gasteiger partial charge in [-0.05, 0) is 12.8 Å². The van der Waals surface area contributed by atoms with Gasteiger partial charge in [0.15, 0.2) is 5.82 Å². The number of hydrogen-bond acceptors (Lipinski definition) is 5. The number of aromatic nitrogens is 2. The van der Waals surface area contributed by atoms with E-state index in [2.05, 4.69) is 10.1 Å². The molecule has 1 aromatic rings. The Bertz CT molecular complexity index is 327. The highest BCUT2D eigenvalue weighted by Crippen LogP contribution is 2.19. The first kappa shape index (κ1) is 11.5. The van der Waals surface area contributed by atoms with Gasteiger partial charge in [0.2, 0.25) is 5.89 Å². The molecule has 90 valence electrons. The minimum atomic E-state index is 0.140. The van der Waals surface area contributed by atoms with Gasteiger partial charge in [0.25, 0.3) is 0 Å². The maximum atomic E-state index is 6.06. The number of nitrogens with zero attached hydrogens (tertiary/aromatic N) is 2. The molecule has 0 saturated heterocycles. The van der Waals surface area contributed by atoms with Crippen LogP contribution in [-0.4, -0.2) is 22.3 Å². The van der Waals surface area contributed by atoms with Crippen LogP contribution in [0.2, 0.25) is 0 Å². The normalized spacial score (nSPS) is 26.6. The second kappa shape index (κ2) is 5.41. The highest BCUT2D eigenvalue weighted by molar-refractivity contribution is 4.83. The van der Waals surface area contributed by atoms with Crippen molar-refractivity contribution in [3.05, 3.63) is 11.7 Å². The Morgan fingerprint density at radius 3 is 2.94 bits per heavy atom. The molecule has 5 heteroatoms. The second-order valence-electron chi connectivity index (χ2n) is 4.38. The second-order valence-corrected chi connectivity index (χ2v) is 4.38. The van der Waals surface area contributed by atoms with Crippen LogP contribution in [0.3, 0.4) is 0 Å². The summed E-state index contributed by atoms with van der Waals surface area (Å²) in [5.41, 5.74) is 6.06. The van der Waals surface area contributed by atoms with E-state index in [1.54, 1.807) is 6.92 Å². The molecule has 5 nitrogen and oxygen atoms in total. The predicted octanol–water partition coefficient (Wildman–Crippen LogP) is 1.55. The maximum Gasteiger partial charge on any atom is 0.223 e. The summed E-state index contributed by atoms with van der Waals surface area (Å²) >= 11 is 0. The molecule has 1 heterocycles. The molecule has 1 saturated carbocycles. The molecule has 0 amide bonds. The zero-order chi connectivity index (χ0) is 11.4. The monoisotopic (exact) mass is 225 g/mol. The zero-order valence-corrected chi connectivity index (χ0v) is 9.69. The molecule has 0 spiro atoms. The molecule has 0 aliphatic heterocycles. The summed E-state index contributed by atoms with van der Waals surface area (Å²) in [5, 5.41) is 3.80. The smallest absolute Gasteiger partial charge is 0.223 e. The lowest BCUT2D eigenvalue weighted by Gasteiger charge is -2.20. The van der Waals surface area contributed by atoms with E-state index in [1.807, 2.05) is 0 Å². The van der Waals surface area contributed by atoms with Gasteiger partial charge in [0.05, 0.1) is 6.10 Å². The molecule has 0 bridgehead atoms. The van der Waals surface area contributed by atoms with E-state index in [0.29, 0.717) is 18.3 Å². The highest BCUT2D eigenvalue weighted by Gasteiger charge is 2.21. The average Bonchev–Trinajstić information content (AvgIpc) is 2.56. The molecule has 1 fully saturated rings. The van der Waals surface area contributed by atoms with Crippen molar-refractivity contribution in [2.75, 3.05) is 0 Å². The molecule has 2 N–H and O–H groups in total. The van der Waals surface area contributed by atoms with Crippen LogP contribution in [0.4, 0.5) is 0 Å². The topological polar surface area (TPSA) is 74.2 Å². The SMILES string of the molecule is Cc1nc(COC2CCCCCC2N)no1. The first-order valence-electron chi connectivity index (χ1n) is 5.92. The van der Waals surface area contributed by atoms with Gasteiger partial charge in [-0.25, -0.2) is 0 Å². The molecule has 2 atom stereocenters. The fraction of sp³-hybridized carbons (Fsp3) is 0.818. The first-order chi connectivity index (χ1) is 7.75. The van der Waals surface area contributed by atoms with Crippen LogP contribution in [0.25, 0.3) is 0 Å². The zero-order valence-electron chi connectivity index (χ0n) is 9.69. The third-order valence-corrected chi connectivity index (χ3v) is 3.00. The number of rotatable bonds is 3. The van der Waals surface area contributed by atoms with Gasteiger partial charge >= 0.3 is 0 Å². The van der Waals surface area contributed by atoms with E-state index in [9.17, 15) is 0 Å². The lowest BCUT2D eigenvalue weighted by Crippen LogP contribution is -2.35. The number of hydrogen-bond donors (Lipinski definition) is 1. The van der Waals surface area contributed by atoms with Gasteiger partial charge in [-0.1, -0.05) is 24.4 Å². The van der Waals surface area contributed by atoms with Gasteiger partial charge in [-0.15, -0.1) is 0 Å². The fourth-order valence-corrected chi connectivity index (χ4v) is 2.09. The third kappa shape index (κ3) is 3.02. The number of nitrogens with two attached hydrogens (primary N) is 1. The molecule has 0 radical (unpaired) electrons. The lowest BCUT2D eigenvalue weighted by molar-refractivity contribution is 0.0152. The summed E-state index contributed by atoms with van der Waals surface area (Å²) < 4.78 is 10.6. The van der Waals surface area contributed by atoms with Crippen LogP contribution >= 0.6 is 0 Å². The van der Waals surface area contributed by atoms with Crippen LogP contribution in [-0.2, 0) is 11.3 Å². The summed E-state index contributed by atoms with van der Waals surface area (Å²) in [5.74, 6) is 1.18. The molecule has 1 aromatic heterocycles. The summed E-state index contributed by atoms with van der Waals surface area (Å²) in [7, 11) is 0. The van der Waals surface area contributed by atoms with Crippen molar-refractivity contribution in [1.82, 2.24) is 10.1 Å². The molecular weight excluding hydrogens is 206 g/mol. The Labute approximate surface area is 95.3 Å². The van der Waals surface area contributed by atoms with Crippen LogP contribution in [0.1, 0.15) is 43.8 Å². The summed E-state index contributed by atoms with van der Waals surface area (Å²) in [6, 6.07) is 0.149. The molecule has 1 aliphatic rings. The molecule has 1 aliphatic carbocycles. The van der Waals surface area contributed by atoms with Crippen molar-refractivity contribution < 1.29 is 9.26 Å². The first-order valence-corrected chi connectivity index (χ1v) is 5.92. The van der Waals surface area contributed by atoms with Gasteiger partial charge in [-0.3, -0.25) is 0 Å². The number of ether oxygens (including phenoxy) is 1. The Morgan fingerprint density at radius 2 is 2.19 bits per heavy atom. The third-order valence-electron chi connectivity index (χ3n) is 3.00. The van der Waals surface area contributed by atoms with Crippen molar-refractivity contribution in [2.45, 2.75) is 57.8 Å². The van der Waals surface area contributed by atoms with Crippen LogP contribution in [0, 0.1) is 6.92 Å². The van der Waals surface area contributed by atoms with Crippen LogP contribution in [0.5, 0.6) is 0 Å². The van der Waals surface area contributed by atoms with E-state index in [4.69, 9.17) is 15.0 Å². The Balaban J connectivity index is 1.83. The van der Waals surface area contributed by atoms with Crippen molar-refractivity contribution >= 4 is 0 Å². The Kier molecular flexibility index (Phi) is 3.90. The largest absolute Gasteiger partial charge is 0.368 e.